The van der Waals surface area contributed by atoms with Crippen molar-refractivity contribution in [3.8, 4) is 5.75 Å². The van der Waals surface area contributed by atoms with E-state index in [2.05, 4.69) is 32.8 Å². The first-order valence-corrected chi connectivity index (χ1v) is 7.21. The molecule has 0 radical (unpaired) electrons. The van der Waals surface area contributed by atoms with E-state index < -0.39 is 0 Å². The Bertz CT molecular complexity index is 526. The van der Waals surface area contributed by atoms with E-state index in [1.807, 2.05) is 18.2 Å². The smallest absolute Gasteiger partial charge is 0.126 e. The first-order valence-electron chi connectivity index (χ1n) is 5.48. The van der Waals surface area contributed by atoms with Gasteiger partial charge < -0.3 is 10.5 Å². The molecule has 1 aromatic carbocycles. The van der Waals surface area contributed by atoms with Gasteiger partial charge in [0.05, 0.1) is 0 Å². The van der Waals surface area contributed by atoms with Crippen LogP contribution in [-0.4, -0.2) is 0 Å². The Kier molecular flexibility index (Phi) is 2.94. The van der Waals surface area contributed by atoms with Crippen molar-refractivity contribution in [1.82, 2.24) is 0 Å². The molecule has 2 nitrogen and oxygen atoms in total. The molecule has 3 rings (SSSR count). The normalized spacial score (nSPS) is 22.9. The number of nitrogens with two attached hydrogens (primary N) is 1. The van der Waals surface area contributed by atoms with Crippen molar-refractivity contribution in [1.29, 1.82) is 0 Å². The molecule has 0 bridgehead atoms. The van der Waals surface area contributed by atoms with Gasteiger partial charge in [-0.1, -0.05) is 22.0 Å². The average Bonchev–Trinajstić information content (AvgIpc) is 2.81. The van der Waals surface area contributed by atoms with Gasteiger partial charge in [-0.15, -0.1) is 0 Å². The second kappa shape index (κ2) is 4.44. The van der Waals surface area contributed by atoms with Crippen LogP contribution in [0.5, 0.6) is 5.75 Å². The first-order chi connectivity index (χ1) is 8.24. The zero-order valence-corrected chi connectivity index (χ0v) is 11.5. The van der Waals surface area contributed by atoms with Crippen molar-refractivity contribution in [2.24, 2.45) is 5.73 Å². The Morgan fingerprint density at radius 2 is 2.24 bits per heavy atom. The summed E-state index contributed by atoms with van der Waals surface area (Å²) in [4.78, 5) is 0. The highest BCUT2D eigenvalue weighted by atomic mass is 79.9. The molecule has 0 saturated carbocycles. The van der Waals surface area contributed by atoms with Crippen LogP contribution in [0.25, 0.3) is 0 Å². The Balaban J connectivity index is 1.97. The minimum Gasteiger partial charge on any atom is -0.485 e. The summed E-state index contributed by atoms with van der Waals surface area (Å²) in [5, 5.41) is 4.20. The van der Waals surface area contributed by atoms with Crippen molar-refractivity contribution in [3.05, 3.63) is 50.6 Å². The minimum atomic E-state index is 0.0525. The summed E-state index contributed by atoms with van der Waals surface area (Å²) in [6, 6.07) is 8.19. The lowest BCUT2D eigenvalue weighted by Gasteiger charge is -2.30. The van der Waals surface area contributed by atoms with Gasteiger partial charge in [0.15, 0.2) is 0 Å². The van der Waals surface area contributed by atoms with E-state index in [4.69, 9.17) is 10.5 Å². The molecule has 0 amide bonds. The van der Waals surface area contributed by atoms with Crippen LogP contribution >= 0.6 is 27.3 Å². The third-order valence-electron chi connectivity index (χ3n) is 3.03. The second-order valence-corrected chi connectivity index (χ2v) is 5.88. The first kappa shape index (κ1) is 11.3. The third-order valence-corrected chi connectivity index (χ3v) is 4.22. The molecule has 1 aliphatic heterocycles. The average molecular weight is 310 g/mol. The molecular formula is C13H12BrNOS. The van der Waals surface area contributed by atoms with Crippen LogP contribution in [0, 0.1) is 0 Å². The van der Waals surface area contributed by atoms with Crippen LogP contribution in [0.1, 0.15) is 29.7 Å². The number of ether oxygens (including phenoxy) is 1. The number of halogens is 1. The number of fused-ring (bicyclic) bond motifs is 1. The molecule has 1 aromatic heterocycles. The number of thiophene rings is 1. The summed E-state index contributed by atoms with van der Waals surface area (Å²) in [5.74, 6) is 0.898. The van der Waals surface area contributed by atoms with E-state index in [1.54, 1.807) is 11.3 Å². The largest absolute Gasteiger partial charge is 0.485 e. The zero-order valence-electron chi connectivity index (χ0n) is 9.10. The lowest BCUT2D eigenvalue weighted by molar-refractivity contribution is 0.162. The zero-order chi connectivity index (χ0) is 11.8. The summed E-state index contributed by atoms with van der Waals surface area (Å²) in [5.41, 5.74) is 8.52. The van der Waals surface area contributed by atoms with Gasteiger partial charge in [0.1, 0.15) is 11.9 Å². The van der Waals surface area contributed by atoms with Crippen LogP contribution < -0.4 is 10.5 Å². The Morgan fingerprint density at radius 1 is 1.35 bits per heavy atom. The van der Waals surface area contributed by atoms with E-state index in [9.17, 15) is 0 Å². The van der Waals surface area contributed by atoms with Gasteiger partial charge in [-0.25, -0.2) is 0 Å². The minimum absolute atomic E-state index is 0.0525. The molecule has 0 saturated heterocycles. The van der Waals surface area contributed by atoms with Crippen molar-refractivity contribution in [3.63, 3.8) is 0 Å². The molecule has 2 atom stereocenters. The van der Waals surface area contributed by atoms with Crippen LogP contribution in [-0.2, 0) is 0 Å². The SMILES string of the molecule is N[C@@H]1CC(c2ccsc2)Oc2cc(Br)ccc21. The number of hydrogen-bond acceptors (Lipinski definition) is 3. The van der Waals surface area contributed by atoms with E-state index in [1.165, 1.54) is 5.56 Å². The van der Waals surface area contributed by atoms with Gasteiger partial charge in [0.2, 0.25) is 0 Å². The van der Waals surface area contributed by atoms with E-state index in [0.29, 0.717) is 0 Å². The van der Waals surface area contributed by atoms with Gasteiger partial charge in [-0.3, -0.25) is 0 Å². The molecule has 0 fully saturated rings. The fourth-order valence-corrected chi connectivity index (χ4v) is 3.18. The highest BCUT2D eigenvalue weighted by Gasteiger charge is 2.27. The second-order valence-electron chi connectivity index (χ2n) is 4.19. The monoisotopic (exact) mass is 309 g/mol. The fraction of sp³-hybridized carbons (Fsp3) is 0.231. The lowest BCUT2D eigenvalue weighted by atomic mass is 9.95. The molecule has 1 unspecified atom stereocenters. The van der Waals surface area contributed by atoms with Crippen LogP contribution in [0.15, 0.2) is 39.5 Å². The third kappa shape index (κ3) is 2.12. The van der Waals surface area contributed by atoms with Crippen LogP contribution in [0.2, 0.25) is 0 Å². The number of benzene rings is 1. The van der Waals surface area contributed by atoms with Crippen LogP contribution in [0.4, 0.5) is 0 Å². The molecule has 1 aliphatic rings. The molecule has 2 heterocycles. The summed E-state index contributed by atoms with van der Waals surface area (Å²) in [6.45, 7) is 0. The predicted octanol–water partition coefficient (Wildman–Crippen LogP) is 4.03. The summed E-state index contributed by atoms with van der Waals surface area (Å²) >= 11 is 5.15. The lowest BCUT2D eigenvalue weighted by Crippen LogP contribution is -2.23. The molecule has 2 aromatic rings. The predicted molar refractivity (Wildman–Crippen MR) is 73.4 cm³/mol. The molecule has 4 heteroatoms. The van der Waals surface area contributed by atoms with Crippen molar-refractivity contribution in [2.75, 3.05) is 0 Å². The number of hydrogen-bond donors (Lipinski definition) is 1. The van der Waals surface area contributed by atoms with Gasteiger partial charge in [0.25, 0.3) is 0 Å². The molecular weight excluding hydrogens is 298 g/mol. The number of rotatable bonds is 1. The summed E-state index contributed by atoms with van der Waals surface area (Å²) < 4.78 is 7.05. The van der Waals surface area contributed by atoms with E-state index in [0.717, 1.165) is 22.2 Å². The van der Waals surface area contributed by atoms with Gasteiger partial charge >= 0.3 is 0 Å². The highest BCUT2D eigenvalue weighted by molar-refractivity contribution is 9.10. The molecule has 0 spiro atoms. The highest BCUT2D eigenvalue weighted by Crippen LogP contribution is 2.41. The molecule has 17 heavy (non-hydrogen) atoms. The maximum atomic E-state index is 6.20. The topological polar surface area (TPSA) is 35.2 Å². The van der Waals surface area contributed by atoms with E-state index in [-0.39, 0.29) is 12.1 Å². The molecule has 88 valence electrons. The van der Waals surface area contributed by atoms with Gasteiger partial charge in [-0.2, -0.15) is 11.3 Å². The Labute approximate surface area is 113 Å². The van der Waals surface area contributed by atoms with Crippen molar-refractivity contribution < 1.29 is 4.74 Å². The molecule has 0 aliphatic carbocycles. The van der Waals surface area contributed by atoms with Gasteiger partial charge in [0, 0.05) is 28.1 Å². The summed E-state index contributed by atoms with van der Waals surface area (Å²) in [6.07, 6.45) is 0.920. The maximum absolute atomic E-state index is 6.20. The van der Waals surface area contributed by atoms with Crippen molar-refractivity contribution >= 4 is 27.3 Å². The Hall–Kier alpha value is -0.840. The van der Waals surface area contributed by atoms with Gasteiger partial charge in [-0.05, 0) is 29.0 Å². The molecule has 2 N–H and O–H groups in total. The quantitative estimate of drug-likeness (QED) is 0.863. The van der Waals surface area contributed by atoms with E-state index >= 15 is 0 Å². The van der Waals surface area contributed by atoms with Crippen molar-refractivity contribution in [2.45, 2.75) is 18.6 Å². The maximum Gasteiger partial charge on any atom is 0.126 e. The fourth-order valence-electron chi connectivity index (χ4n) is 2.14. The Morgan fingerprint density at radius 3 is 3.00 bits per heavy atom. The standard InChI is InChI=1S/C13H12BrNOS/c14-9-1-2-10-11(15)6-12(16-13(10)5-9)8-3-4-17-7-8/h1-5,7,11-12H,6,15H2/t11-,12?/m1/s1. The van der Waals surface area contributed by atoms with Crippen LogP contribution in [0.3, 0.4) is 0 Å². The summed E-state index contributed by atoms with van der Waals surface area (Å²) in [7, 11) is 0.